The molecule has 2 aromatic heterocycles. The van der Waals surface area contributed by atoms with Crippen LogP contribution in [0.15, 0.2) is 34.9 Å². The van der Waals surface area contributed by atoms with Crippen LogP contribution in [-0.4, -0.2) is 95.7 Å². The lowest BCUT2D eigenvalue weighted by molar-refractivity contribution is -0.135. The topological polar surface area (TPSA) is 89.6 Å². The van der Waals surface area contributed by atoms with E-state index >= 15 is 0 Å². The standard InChI is InChI=1S/C27H36BrN7O2/c1-18(2)33-10-8-20(9-11-33)30-24-22(28)16-29-27-25(24)31-26(32-27)19-4-6-21(7-5-19)34-12-14-35(15-13-34)23(36)17-37-3/h4-7,16,18,20H,8-15,17H2,1-3H3,(H2,29,30,31,32). The molecule has 3 aromatic rings. The van der Waals surface area contributed by atoms with E-state index in [4.69, 9.17) is 9.72 Å². The molecule has 0 spiro atoms. The van der Waals surface area contributed by atoms with Gasteiger partial charge in [-0.05, 0) is 66.9 Å². The smallest absolute Gasteiger partial charge is 0.248 e. The quantitative estimate of drug-likeness (QED) is 0.445. The number of nitrogens with one attached hydrogen (secondary N) is 2. The highest BCUT2D eigenvalue weighted by molar-refractivity contribution is 9.10. The maximum absolute atomic E-state index is 12.1. The maximum atomic E-state index is 12.1. The van der Waals surface area contributed by atoms with E-state index in [0.29, 0.717) is 25.2 Å². The van der Waals surface area contributed by atoms with E-state index < -0.39 is 0 Å². The Bertz CT molecular complexity index is 1210. The number of halogens is 1. The summed E-state index contributed by atoms with van der Waals surface area (Å²) in [7, 11) is 1.56. The number of H-pyrrole nitrogens is 1. The Kier molecular flexibility index (Phi) is 7.97. The normalized spacial score (nSPS) is 17.6. The van der Waals surface area contributed by atoms with Crippen molar-refractivity contribution in [2.45, 2.75) is 38.8 Å². The van der Waals surface area contributed by atoms with Gasteiger partial charge in [0.1, 0.15) is 17.9 Å². The lowest BCUT2D eigenvalue weighted by atomic mass is 10.0. The van der Waals surface area contributed by atoms with Crippen LogP contribution in [0.5, 0.6) is 0 Å². The average molecular weight is 571 g/mol. The minimum atomic E-state index is 0.0532. The van der Waals surface area contributed by atoms with E-state index in [1.807, 2.05) is 11.1 Å². The van der Waals surface area contributed by atoms with E-state index in [-0.39, 0.29) is 12.5 Å². The number of piperidine rings is 1. The molecule has 0 atom stereocenters. The third-order valence-electron chi connectivity index (χ3n) is 7.48. The molecule has 1 aromatic carbocycles. The van der Waals surface area contributed by atoms with E-state index in [9.17, 15) is 4.79 Å². The third-order valence-corrected chi connectivity index (χ3v) is 8.08. The van der Waals surface area contributed by atoms with E-state index in [1.54, 1.807) is 7.11 Å². The number of hydrogen-bond donors (Lipinski definition) is 2. The first-order valence-electron chi connectivity index (χ1n) is 13.1. The second-order valence-electron chi connectivity index (χ2n) is 10.2. The fourth-order valence-corrected chi connectivity index (χ4v) is 5.63. The van der Waals surface area contributed by atoms with Crippen molar-refractivity contribution < 1.29 is 9.53 Å². The molecule has 198 valence electrons. The largest absolute Gasteiger partial charge is 0.379 e. The van der Waals surface area contributed by atoms with Gasteiger partial charge >= 0.3 is 0 Å². The average Bonchev–Trinajstić information content (AvgIpc) is 3.36. The number of rotatable bonds is 7. The number of carbonyl (C=O) groups excluding carboxylic acids is 1. The Morgan fingerprint density at radius 2 is 1.84 bits per heavy atom. The van der Waals surface area contributed by atoms with Crippen LogP contribution in [0.25, 0.3) is 22.6 Å². The number of likely N-dealkylation sites (tertiary alicyclic amines) is 1. The summed E-state index contributed by atoms with van der Waals surface area (Å²) in [6.45, 7) is 9.93. The van der Waals surface area contributed by atoms with Crippen molar-refractivity contribution in [1.82, 2.24) is 24.8 Å². The number of benzene rings is 1. The number of hydrogen-bond acceptors (Lipinski definition) is 7. The van der Waals surface area contributed by atoms with Gasteiger partial charge in [0.2, 0.25) is 5.91 Å². The van der Waals surface area contributed by atoms with Crippen molar-refractivity contribution in [3.05, 3.63) is 34.9 Å². The predicted molar refractivity (Wildman–Crippen MR) is 151 cm³/mol. The summed E-state index contributed by atoms with van der Waals surface area (Å²) >= 11 is 3.69. The molecule has 9 nitrogen and oxygen atoms in total. The Labute approximate surface area is 226 Å². The number of nitrogens with zero attached hydrogens (tertiary/aromatic N) is 5. The summed E-state index contributed by atoms with van der Waals surface area (Å²) in [5.41, 5.74) is 4.81. The second-order valence-corrected chi connectivity index (χ2v) is 11.0. The molecule has 5 rings (SSSR count). The first kappa shape index (κ1) is 25.9. The van der Waals surface area contributed by atoms with Crippen molar-refractivity contribution in [3.63, 3.8) is 0 Å². The molecule has 0 saturated carbocycles. The predicted octanol–water partition coefficient (Wildman–Crippen LogP) is 3.97. The van der Waals surface area contributed by atoms with Crippen LogP contribution in [0.4, 0.5) is 11.4 Å². The van der Waals surface area contributed by atoms with Crippen LogP contribution in [0, 0.1) is 0 Å². The fraction of sp³-hybridized carbons (Fsp3) is 0.519. The summed E-state index contributed by atoms with van der Waals surface area (Å²) in [6.07, 6.45) is 4.07. The van der Waals surface area contributed by atoms with Gasteiger partial charge < -0.3 is 29.7 Å². The number of aromatic amines is 1. The maximum Gasteiger partial charge on any atom is 0.248 e. The first-order valence-corrected chi connectivity index (χ1v) is 13.9. The molecule has 0 bridgehead atoms. The molecule has 1 amide bonds. The van der Waals surface area contributed by atoms with Gasteiger partial charge in [-0.1, -0.05) is 0 Å². The minimum Gasteiger partial charge on any atom is -0.379 e. The molecule has 2 aliphatic rings. The number of pyridine rings is 1. The summed E-state index contributed by atoms with van der Waals surface area (Å²) in [5, 5.41) is 3.75. The van der Waals surface area contributed by atoms with Gasteiger partial charge in [0.25, 0.3) is 0 Å². The van der Waals surface area contributed by atoms with Crippen LogP contribution in [-0.2, 0) is 9.53 Å². The van der Waals surface area contributed by atoms with Crippen molar-refractivity contribution in [3.8, 4) is 11.4 Å². The van der Waals surface area contributed by atoms with E-state index in [0.717, 1.165) is 77.4 Å². The highest BCUT2D eigenvalue weighted by atomic mass is 79.9. The molecule has 2 saturated heterocycles. The zero-order valence-electron chi connectivity index (χ0n) is 21.8. The summed E-state index contributed by atoms with van der Waals surface area (Å²) in [5.74, 6) is 0.859. The zero-order chi connectivity index (χ0) is 25.9. The van der Waals surface area contributed by atoms with Gasteiger partial charge in [0.15, 0.2) is 5.65 Å². The number of carbonyl (C=O) groups is 1. The molecule has 0 radical (unpaired) electrons. The zero-order valence-corrected chi connectivity index (χ0v) is 23.4. The number of imidazole rings is 1. The second kappa shape index (κ2) is 11.4. The van der Waals surface area contributed by atoms with Crippen molar-refractivity contribution in [1.29, 1.82) is 0 Å². The lowest BCUT2D eigenvalue weighted by Gasteiger charge is -2.36. The SMILES string of the molecule is COCC(=O)N1CCN(c2ccc(-c3nc4c(NC5CCN(C(C)C)CC5)c(Br)cnc4[nH]3)cc2)CC1. The molecule has 0 aliphatic carbocycles. The Hall–Kier alpha value is -2.69. The fourth-order valence-electron chi connectivity index (χ4n) is 5.23. The van der Waals surface area contributed by atoms with Crippen LogP contribution in [0.3, 0.4) is 0 Å². The number of fused-ring (bicyclic) bond motifs is 1. The van der Waals surface area contributed by atoms with Gasteiger partial charge in [-0.15, -0.1) is 0 Å². The number of ether oxygens (including phenoxy) is 1. The molecule has 2 aliphatic heterocycles. The first-order chi connectivity index (χ1) is 17.9. The highest BCUT2D eigenvalue weighted by Gasteiger charge is 2.24. The molecular weight excluding hydrogens is 534 g/mol. The third kappa shape index (κ3) is 5.76. The number of methoxy groups -OCH3 is 1. The molecular formula is C27H36BrN7O2. The van der Waals surface area contributed by atoms with Crippen LogP contribution < -0.4 is 10.2 Å². The van der Waals surface area contributed by atoms with Gasteiger partial charge in [-0.3, -0.25) is 4.79 Å². The van der Waals surface area contributed by atoms with Crippen molar-refractivity contribution >= 4 is 44.4 Å². The molecule has 0 unspecified atom stereocenters. The van der Waals surface area contributed by atoms with E-state index in [2.05, 4.69) is 79.1 Å². The summed E-state index contributed by atoms with van der Waals surface area (Å²) in [4.78, 5) is 31.7. The molecule has 37 heavy (non-hydrogen) atoms. The monoisotopic (exact) mass is 569 g/mol. The van der Waals surface area contributed by atoms with Crippen molar-refractivity contribution in [2.75, 3.05) is 63.2 Å². The number of piperazine rings is 1. The highest BCUT2D eigenvalue weighted by Crippen LogP contribution is 2.33. The summed E-state index contributed by atoms with van der Waals surface area (Å²) < 4.78 is 5.92. The van der Waals surface area contributed by atoms with Crippen LogP contribution in [0.2, 0.25) is 0 Å². The van der Waals surface area contributed by atoms with Gasteiger partial charge in [0, 0.05) is 75.9 Å². The minimum absolute atomic E-state index is 0.0532. The van der Waals surface area contributed by atoms with Gasteiger partial charge in [-0.25, -0.2) is 9.97 Å². The Morgan fingerprint density at radius 1 is 1.14 bits per heavy atom. The van der Waals surface area contributed by atoms with Crippen LogP contribution in [0.1, 0.15) is 26.7 Å². The van der Waals surface area contributed by atoms with E-state index in [1.165, 1.54) is 0 Å². The molecule has 10 heteroatoms. The van der Waals surface area contributed by atoms with Crippen LogP contribution >= 0.6 is 15.9 Å². The molecule has 4 heterocycles. The number of amides is 1. The van der Waals surface area contributed by atoms with Gasteiger partial charge in [-0.2, -0.15) is 0 Å². The molecule has 2 N–H and O–H groups in total. The Balaban J connectivity index is 1.28. The Morgan fingerprint density at radius 3 is 2.49 bits per heavy atom. The van der Waals surface area contributed by atoms with Crippen molar-refractivity contribution in [2.24, 2.45) is 0 Å². The molecule has 2 fully saturated rings. The summed E-state index contributed by atoms with van der Waals surface area (Å²) in [6, 6.07) is 9.45. The number of aromatic nitrogens is 3. The lowest BCUT2D eigenvalue weighted by Crippen LogP contribution is -2.49. The van der Waals surface area contributed by atoms with Gasteiger partial charge in [0.05, 0.1) is 10.2 Å². The number of anilines is 2.